The van der Waals surface area contributed by atoms with Crippen LogP contribution >= 0.6 is 0 Å². The summed E-state index contributed by atoms with van der Waals surface area (Å²) in [5.74, 6) is -1.25. The van der Waals surface area contributed by atoms with Crippen LogP contribution in [-0.2, 0) is 24.4 Å². The fraction of sp³-hybridized carbons (Fsp3) is 0.409. The van der Waals surface area contributed by atoms with Crippen LogP contribution in [0.15, 0.2) is 35.2 Å². The maximum Gasteiger partial charge on any atom is 0.244 e. The molecule has 0 spiro atoms. The van der Waals surface area contributed by atoms with Crippen molar-refractivity contribution in [2.75, 3.05) is 11.9 Å². The first-order chi connectivity index (χ1) is 15.6. The van der Waals surface area contributed by atoms with Gasteiger partial charge in [-0.25, -0.2) is 8.42 Å². The van der Waals surface area contributed by atoms with E-state index in [2.05, 4.69) is 20.0 Å². The van der Waals surface area contributed by atoms with Crippen LogP contribution in [0.25, 0.3) is 4.72 Å². The number of fused-ring (bicyclic) bond motifs is 1. The number of carbonyl (C=O) groups is 3. The summed E-state index contributed by atoms with van der Waals surface area (Å²) in [6.07, 6.45) is 3.20. The average molecular weight is 471 g/mol. The third-order valence-corrected chi connectivity index (χ3v) is 7.13. The van der Waals surface area contributed by atoms with E-state index < -0.39 is 15.9 Å². The molecule has 1 saturated carbocycles. The molecule has 1 aliphatic heterocycles. The van der Waals surface area contributed by atoms with Gasteiger partial charge in [-0.15, -0.1) is 0 Å². The number of amides is 3. The molecule has 0 bridgehead atoms. The van der Waals surface area contributed by atoms with Crippen molar-refractivity contribution in [3.63, 3.8) is 0 Å². The number of nitrogens with one attached hydrogen (secondary N) is 1. The number of imide groups is 1. The molecule has 1 aromatic carbocycles. The van der Waals surface area contributed by atoms with E-state index in [4.69, 9.17) is 0 Å². The van der Waals surface area contributed by atoms with Crippen molar-refractivity contribution in [2.24, 2.45) is 11.8 Å². The summed E-state index contributed by atoms with van der Waals surface area (Å²) in [5, 5.41) is 2.60. The molecular weight excluding hydrogens is 446 g/mol. The maximum atomic E-state index is 12.6. The molecule has 4 rings (SSSR count). The third-order valence-electron chi connectivity index (χ3n) is 5.84. The fourth-order valence-corrected chi connectivity index (χ4v) is 5.29. The summed E-state index contributed by atoms with van der Waals surface area (Å²) in [7, 11) is -4.01. The number of benzene rings is 1. The number of nitrogens with zero attached hydrogens (tertiary/aromatic N) is 4. The molecule has 1 aromatic heterocycles. The Hall–Kier alpha value is -3.34. The lowest BCUT2D eigenvalue weighted by Gasteiger charge is -2.19. The van der Waals surface area contributed by atoms with Crippen molar-refractivity contribution in [1.82, 2.24) is 14.9 Å². The van der Waals surface area contributed by atoms with E-state index in [9.17, 15) is 22.8 Å². The monoisotopic (exact) mass is 470 g/mol. The molecule has 1 aliphatic carbocycles. The first kappa shape index (κ1) is 22.8. The van der Waals surface area contributed by atoms with Gasteiger partial charge in [-0.3, -0.25) is 24.3 Å². The van der Waals surface area contributed by atoms with Crippen molar-refractivity contribution in [2.45, 2.75) is 44.4 Å². The molecule has 33 heavy (non-hydrogen) atoms. The highest BCUT2D eigenvalue weighted by atomic mass is 32.2. The second kappa shape index (κ2) is 8.89. The van der Waals surface area contributed by atoms with Crippen molar-refractivity contribution in [3.05, 3.63) is 46.6 Å². The lowest BCUT2D eigenvalue weighted by atomic mass is 9.81. The van der Waals surface area contributed by atoms with Crippen LogP contribution in [0, 0.1) is 25.7 Å². The second-order valence-electron chi connectivity index (χ2n) is 8.31. The number of hydrogen-bond donors (Lipinski definition) is 1. The van der Waals surface area contributed by atoms with Crippen LogP contribution in [0.3, 0.4) is 0 Å². The van der Waals surface area contributed by atoms with Crippen LogP contribution in [0.2, 0.25) is 0 Å². The Kier molecular flexibility index (Phi) is 6.15. The van der Waals surface area contributed by atoms with Gasteiger partial charge in [-0.05, 0) is 62.8 Å². The summed E-state index contributed by atoms with van der Waals surface area (Å²) in [6, 6.07) is 6.94. The van der Waals surface area contributed by atoms with Gasteiger partial charge in [0.25, 0.3) is 0 Å². The molecule has 1 N–H and O–H groups in total. The molecule has 10 nitrogen and oxygen atoms in total. The minimum absolute atomic E-state index is 0.0397. The van der Waals surface area contributed by atoms with Gasteiger partial charge in [0.2, 0.25) is 27.7 Å². The van der Waals surface area contributed by atoms with E-state index in [0.29, 0.717) is 30.0 Å². The van der Waals surface area contributed by atoms with Crippen molar-refractivity contribution < 1.29 is 22.8 Å². The summed E-state index contributed by atoms with van der Waals surface area (Å²) < 4.78 is 28.9. The molecule has 2 atom stereocenters. The number of anilines is 1. The lowest BCUT2D eigenvalue weighted by molar-refractivity contribution is -0.142. The van der Waals surface area contributed by atoms with E-state index in [1.165, 1.54) is 30.3 Å². The Morgan fingerprint density at radius 3 is 2.24 bits per heavy atom. The molecule has 2 fully saturated rings. The van der Waals surface area contributed by atoms with E-state index in [-0.39, 0.29) is 40.9 Å². The summed E-state index contributed by atoms with van der Waals surface area (Å²) in [4.78, 5) is 46.6. The number of carbonyl (C=O) groups excluding carboxylic acids is 3. The highest BCUT2D eigenvalue weighted by Gasteiger charge is 2.48. The first-order valence-corrected chi connectivity index (χ1v) is 12.1. The summed E-state index contributed by atoms with van der Waals surface area (Å²) in [6.45, 7) is 3.01. The summed E-state index contributed by atoms with van der Waals surface area (Å²) >= 11 is 0. The molecule has 3 amide bonds. The normalized spacial score (nSPS) is 20.5. The largest absolute Gasteiger partial charge is 0.423 e. The van der Waals surface area contributed by atoms with Crippen LogP contribution in [0.4, 0.5) is 11.5 Å². The van der Waals surface area contributed by atoms with Crippen molar-refractivity contribution in [1.29, 1.82) is 0 Å². The smallest absolute Gasteiger partial charge is 0.244 e. The molecule has 1 saturated heterocycles. The minimum atomic E-state index is -4.01. The minimum Gasteiger partial charge on any atom is -0.423 e. The van der Waals surface area contributed by atoms with Crippen LogP contribution in [0.1, 0.15) is 37.2 Å². The Morgan fingerprint density at radius 1 is 1.06 bits per heavy atom. The fourth-order valence-electron chi connectivity index (χ4n) is 4.36. The molecule has 2 heterocycles. The Morgan fingerprint density at radius 2 is 1.67 bits per heavy atom. The molecule has 2 aromatic rings. The van der Waals surface area contributed by atoms with Crippen LogP contribution in [0.5, 0.6) is 0 Å². The molecule has 11 heteroatoms. The van der Waals surface area contributed by atoms with E-state index >= 15 is 0 Å². The molecular formula is C22H24N5O5S-. The van der Waals surface area contributed by atoms with Gasteiger partial charge in [0, 0.05) is 17.2 Å². The van der Waals surface area contributed by atoms with Gasteiger partial charge in [-0.2, -0.15) is 0 Å². The molecule has 0 radical (unpaired) electrons. The zero-order valence-corrected chi connectivity index (χ0v) is 19.1. The van der Waals surface area contributed by atoms with E-state index in [1.807, 2.05) is 0 Å². The van der Waals surface area contributed by atoms with Gasteiger partial charge in [0.1, 0.15) is 6.54 Å². The van der Waals surface area contributed by atoms with Crippen LogP contribution in [-0.4, -0.2) is 47.6 Å². The Labute approximate surface area is 191 Å². The van der Waals surface area contributed by atoms with Gasteiger partial charge >= 0.3 is 0 Å². The van der Waals surface area contributed by atoms with E-state index in [1.54, 1.807) is 13.8 Å². The summed E-state index contributed by atoms with van der Waals surface area (Å²) in [5.41, 5.74) is 0.938. The predicted octanol–water partition coefficient (Wildman–Crippen LogP) is 2.60. The number of hydrogen-bond acceptors (Lipinski definition) is 7. The highest BCUT2D eigenvalue weighted by molar-refractivity contribution is 7.94. The van der Waals surface area contributed by atoms with Gasteiger partial charge in [-0.1, -0.05) is 12.8 Å². The lowest BCUT2D eigenvalue weighted by Crippen LogP contribution is -2.38. The average Bonchev–Trinajstić information content (AvgIpc) is 2.98. The SMILES string of the molecule is Cc1cc([N-]S(=O)(=O)c2ccc(NC(=O)CN3C(=O)[C@H]4CCCC[C@@H]4C3=O)cc2)nc(C)n1. The standard InChI is InChI=1S/C22H25N5O5S/c1-13-11-19(24-14(2)23-13)26-33(31,32)16-9-7-15(8-10-16)25-20(28)12-27-21(29)17-5-3-4-6-18(17)22(27)30/h7-11,17-18H,3-6,12H2,1-2H3,(H2,23,24,25,26,28)/p-1/t17-,18-/m0/s1. The quantitative estimate of drug-likeness (QED) is 0.640. The van der Waals surface area contributed by atoms with Crippen LogP contribution < -0.4 is 5.32 Å². The third kappa shape index (κ3) is 4.87. The molecule has 174 valence electrons. The Bertz CT molecular complexity index is 1170. The number of sulfonamides is 1. The van der Waals surface area contributed by atoms with Gasteiger partial charge in [0.05, 0.1) is 16.7 Å². The van der Waals surface area contributed by atoms with Crippen molar-refractivity contribution >= 4 is 39.3 Å². The number of rotatable bonds is 6. The first-order valence-electron chi connectivity index (χ1n) is 10.7. The molecule has 2 aliphatic rings. The van der Waals surface area contributed by atoms with Crippen molar-refractivity contribution in [3.8, 4) is 0 Å². The zero-order chi connectivity index (χ0) is 23.8. The highest BCUT2D eigenvalue weighted by Crippen LogP contribution is 2.37. The maximum absolute atomic E-state index is 12.6. The Balaban J connectivity index is 1.39. The zero-order valence-electron chi connectivity index (χ0n) is 18.3. The molecule has 0 unspecified atom stereocenters. The number of aryl methyl sites for hydroxylation is 2. The predicted molar refractivity (Wildman–Crippen MR) is 119 cm³/mol. The number of likely N-dealkylation sites (tertiary alicyclic amines) is 1. The van der Waals surface area contributed by atoms with Gasteiger partial charge < -0.3 is 15.0 Å². The van der Waals surface area contributed by atoms with Gasteiger partial charge in [0.15, 0.2) is 0 Å². The topological polar surface area (TPSA) is 140 Å². The second-order valence-corrected chi connectivity index (χ2v) is 9.92. The van der Waals surface area contributed by atoms with E-state index in [0.717, 1.165) is 17.7 Å². The number of aromatic nitrogens is 2.